The van der Waals surface area contributed by atoms with Gasteiger partial charge in [-0.1, -0.05) is 47.7 Å². The summed E-state index contributed by atoms with van der Waals surface area (Å²) in [6.07, 6.45) is 0.719. The summed E-state index contributed by atoms with van der Waals surface area (Å²) in [5.41, 5.74) is -0.744. The number of aliphatic carboxylic acids is 1. The quantitative estimate of drug-likeness (QED) is 0.316. The number of pyridine rings is 1. The number of carboxylic acid groups (broad SMARTS) is 1. The first-order chi connectivity index (χ1) is 15.2. The molecule has 0 unspecified atom stereocenters. The zero-order chi connectivity index (χ0) is 23.3. The molecule has 2 aromatic carbocycles. The fourth-order valence-corrected chi connectivity index (χ4v) is 3.08. The van der Waals surface area contributed by atoms with Gasteiger partial charge in [-0.15, -0.1) is 0 Å². The molecule has 0 aliphatic rings. The van der Waals surface area contributed by atoms with E-state index in [-0.39, 0.29) is 59.1 Å². The van der Waals surface area contributed by atoms with E-state index in [9.17, 15) is 24.6 Å². The number of nitrogens with zero attached hydrogens (tertiary/aromatic N) is 1. The van der Waals surface area contributed by atoms with E-state index in [0.717, 1.165) is 10.6 Å². The Morgan fingerprint density at radius 3 is 2.50 bits per heavy atom. The molecule has 2 amide bonds. The summed E-state index contributed by atoms with van der Waals surface area (Å²) < 4.78 is 6.87. The molecule has 2 N–H and O–H groups in total. The molecule has 0 saturated carbocycles. The van der Waals surface area contributed by atoms with Crippen LogP contribution in [-0.2, 0) is 11.8 Å². The molecule has 9 nitrogen and oxygen atoms in total. The molecule has 3 rings (SSSR count). The van der Waals surface area contributed by atoms with Crippen LogP contribution in [0.15, 0.2) is 65.6 Å². The van der Waals surface area contributed by atoms with Crippen LogP contribution >= 0.6 is 11.6 Å². The molecule has 0 spiro atoms. The Labute approximate surface area is 244 Å². The molecule has 0 radical (unpaired) electrons. The van der Waals surface area contributed by atoms with Crippen molar-refractivity contribution >= 4 is 29.3 Å². The minimum atomic E-state index is -1.41. The second kappa shape index (κ2) is 13.8. The summed E-state index contributed by atoms with van der Waals surface area (Å²) in [5, 5.41) is 28.2. The Kier molecular flexibility index (Phi) is 12.2. The number of urea groups is 1. The number of carbonyl (C=O) groups excluding carboxylic acids is 2. The van der Waals surface area contributed by atoms with Gasteiger partial charge in [0.15, 0.2) is 0 Å². The summed E-state index contributed by atoms with van der Waals surface area (Å²) >= 11 is 6.10. The van der Waals surface area contributed by atoms with E-state index < -0.39 is 41.5 Å². The SMILES string of the molecule is Cn1ccc([O-])c(NC(=O)N[C@@H](CC(=O)[O-])c2cccc(Oc3ccccc3Cl)c2)c1=O.[Na+].[Na+]. The fraction of sp³-hybridized carbons (Fsp3) is 0.136. The summed E-state index contributed by atoms with van der Waals surface area (Å²) in [6, 6.07) is 12.4. The van der Waals surface area contributed by atoms with Crippen LogP contribution in [0.1, 0.15) is 18.0 Å². The van der Waals surface area contributed by atoms with E-state index in [1.807, 2.05) is 0 Å². The number of hydrogen-bond acceptors (Lipinski definition) is 6. The summed E-state index contributed by atoms with van der Waals surface area (Å²) in [5.74, 6) is -1.32. The van der Waals surface area contributed by atoms with Gasteiger partial charge in [0.25, 0.3) is 5.56 Å². The largest absolute Gasteiger partial charge is 1.00 e. The molecule has 3 aromatic rings. The van der Waals surface area contributed by atoms with E-state index in [1.165, 1.54) is 19.3 Å². The van der Waals surface area contributed by atoms with Crippen molar-refractivity contribution in [2.24, 2.45) is 7.05 Å². The van der Waals surface area contributed by atoms with Gasteiger partial charge < -0.3 is 34.9 Å². The van der Waals surface area contributed by atoms with Gasteiger partial charge in [0.1, 0.15) is 17.2 Å². The van der Waals surface area contributed by atoms with Gasteiger partial charge >= 0.3 is 65.1 Å². The first-order valence-corrected chi connectivity index (χ1v) is 9.78. The number of nitrogens with one attached hydrogen (secondary N) is 2. The molecule has 0 saturated heterocycles. The molecular formula is C22H18ClN3Na2O6. The average molecular weight is 502 g/mol. The van der Waals surface area contributed by atoms with Crippen LogP contribution in [0.5, 0.6) is 17.2 Å². The minimum absolute atomic E-state index is 0. The van der Waals surface area contributed by atoms with Crippen LogP contribution in [-0.4, -0.2) is 16.6 Å². The number of carboxylic acids is 1. The van der Waals surface area contributed by atoms with Gasteiger partial charge in [0.2, 0.25) is 0 Å². The molecule has 1 heterocycles. The number of amides is 2. The third kappa shape index (κ3) is 8.06. The van der Waals surface area contributed by atoms with Crippen LogP contribution in [0.25, 0.3) is 0 Å². The molecule has 1 aromatic heterocycles. The van der Waals surface area contributed by atoms with Crippen LogP contribution in [0, 0.1) is 0 Å². The predicted molar refractivity (Wildman–Crippen MR) is 114 cm³/mol. The second-order valence-corrected chi connectivity index (χ2v) is 7.21. The third-order valence-corrected chi connectivity index (χ3v) is 4.78. The molecule has 12 heteroatoms. The van der Waals surface area contributed by atoms with Crippen molar-refractivity contribution in [3.8, 4) is 17.2 Å². The van der Waals surface area contributed by atoms with Crippen LogP contribution < -0.4 is 90.3 Å². The normalized spacial score (nSPS) is 10.8. The van der Waals surface area contributed by atoms with Crippen LogP contribution in [0.2, 0.25) is 5.02 Å². The van der Waals surface area contributed by atoms with Gasteiger partial charge in [-0.05, 0) is 29.8 Å². The number of ether oxygens (including phenoxy) is 1. The first kappa shape index (κ1) is 30.1. The van der Waals surface area contributed by atoms with Gasteiger partial charge in [0.05, 0.1) is 11.1 Å². The van der Waals surface area contributed by atoms with E-state index in [1.54, 1.807) is 42.5 Å². The number of benzene rings is 2. The van der Waals surface area contributed by atoms with E-state index in [0.29, 0.717) is 22.1 Å². The second-order valence-electron chi connectivity index (χ2n) is 6.80. The number of aryl methyl sites for hydroxylation is 1. The molecule has 0 bridgehead atoms. The third-order valence-electron chi connectivity index (χ3n) is 4.47. The van der Waals surface area contributed by atoms with Crippen molar-refractivity contribution in [3.63, 3.8) is 0 Å². The Hall–Kier alpha value is -1.98. The molecule has 0 aliphatic carbocycles. The molecule has 1 atom stereocenters. The van der Waals surface area contributed by atoms with Crippen molar-refractivity contribution in [2.45, 2.75) is 12.5 Å². The Morgan fingerprint density at radius 1 is 1.12 bits per heavy atom. The van der Waals surface area contributed by atoms with Gasteiger partial charge in [-0.2, -0.15) is 0 Å². The number of para-hydroxylation sites is 1. The maximum absolute atomic E-state index is 12.4. The number of hydrogen-bond donors (Lipinski definition) is 2. The zero-order valence-electron chi connectivity index (χ0n) is 18.8. The fourth-order valence-electron chi connectivity index (χ4n) is 2.90. The van der Waals surface area contributed by atoms with Crippen LogP contribution in [0.4, 0.5) is 10.5 Å². The van der Waals surface area contributed by atoms with Crippen molar-refractivity contribution in [3.05, 3.63) is 81.7 Å². The maximum atomic E-state index is 12.4. The Balaban J connectivity index is 0.00000289. The summed E-state index contributed by atoms with van der Waals surface area (Å²) in [7, 11) is 1.42. The van der Waals surface area contributed by atoms with Crippen molar-refractivity contribution in [1.29, 1.82) is 0 Å². The van der Waals surface area contributed by atoms with Crippen molar-refractivity contribution in [2.75, 3.05) is 5.32 Å². The Morgan fingerprint density at radius 2 is 1.82 bits per heavy atom. The Bertz CT molecular complexity index is 1220. The maximum Gasteiger partial charge on any atom is 1.00 e. The summed E-state index contributed by atoms with van der Waals surface area (Å²) in [4.78, 5) is 35.8. The number of rotatable bonds is 7. The van der Waals surface area contributed by atoms with E-state index in [2.05, 4.69) is 10.6 Å². The molecule has 0 aliphatic heterocycles. The first-order valence-electron chi connectivity index (χ1n) is 9.41. The van der Waals surface area contributed by atoms with Crippen molar-refractivity contribution < 1.29 is 83.7 Å². The monoisotopic (exact) mass is 501 g/mol. The summed E-state index contributed by atoms with van der Waals surface area (Å²) in [6.45, 7) is 0. The molecule has 166 valence electrons. The van der Waals surface area contributed by atoms with Gasteiger partial charge in [-0.3, -0.25) is 4.79 Å². The van der Waals surface area contributed by atoms with Crippen molar-refractivity contribution in [1.82, 2.24) is 9.88 Å². The molecular weight excluding hydrogens is 484 g/mol. The number of aromatic nitrogens is 1. The minimum Gasteiger partial charge on any atom is -0.871 e. The zero-order valence-corrected chi connectivity index (χ0v) is 23.6. The standard InChI is InChI=1S/C22H20ClN3O6.2Na/c1-26-10-9-17(27)20(21(26)30)25-22(31)24-16(12-19(28)29)13-5-4-6-14(11-13)32-18-8-3-2-7-15(18)23;;/h2-11,16,27H,12H2,1H3,(H,28,29)(H2,24,25,31);;/q;2*+1/p-2/t16-;;/m0../s1. The van der Waals surface area contributed by atoms with E-state index in [4.69, 9.17) is 16.3 Å². The smallest absolute Gasteiger partial charge is 0.871 e. The van der Waals surface area contributed by atoms with Gasteiger partial charge in [-0.25, -0.2) is 4.79 Å². The molecule has 0 fully saturated rings. The number of anilines is 1. The molecule has 34 heavy (non-hydrogen) atoms. The number of carbonyl (C=O) groups is 2. The van der Waals surface area contributed by atoms with Crippen LogP contribution in [0.3, 0.4) is 0 Å². The van der Waals surface area contributed by atoms with Gasteiger partial charge in [0, 0.05) is 25.6 Å². The van der Waals surface area contributed by atoms with E-state index >= 15 is 0 Å². The number of halogens is 1. The predicted octanol–water partition coefficient (Wildman–Crippen LogP) is -4.08. The average Bonchev–Trinajstić information content (AvgIpc) is 2.75. The topological polar surface area (TPSA) is 136 Å².